The van der Waals surface area contributed by atoms with Gasteiger partial charge < -0.3 is 0 Å². The molecule has 0 saturated carbocycles. The van der Waals surface area contributed by atoms with Crippen LogP contribution >= 0.6 is 0 Å². The first-order valence-electron chi connectivity index (χ1n) is 18.3. The van der Waals surface area contributed by atoms with E-state index in [1.807, 2.05) is 12.3 Å². The lowest BCUT2D eigenvalue weighted by Gasteiger charge is -2.35. The van der Waals surface area contributed by atoms with Crippen molar-refractivity contribution in [3.8, 4) is 28.3 Å². The maximum Gasteiger partial charge on any atom is 0.179 e. The van der Waals surface area contributed by atoms with Crippen molar-refractivity contribution in [1.82, 2.24) is 14.5 Å². The Morgan fingerprint density at radius 2 is 1.00 bits per heavy atom. The summed E-state index contributed by atoms with van der Waals surface area (Å²) in [6.07, 6.45) is 1.87. The van der Waals surface area contributed by atoms with Crippen molar-refractivity contribution in [1.29, 1.82) is 0 Å². The SMILES string of the molecule is CC(C)c1cccc(C(C)C)c1-n1c(-c2cccc([Si](c3ccccc3)(c3ccccc3)c3cccc(-c4ccccn4)c3)c2)nc2ccccc21. The van der Waals surface area contributed by atoms with Crippen LogP contribution in [0, 0.1) is 0 Å². The van der Waals surface area contributed by atoms with E-state index in [0.717, 1.165) is 33.7 Å². The maximum atomic E-state index is 5.43. The molecule has 0 aliphatic rings. The van der Waals surface area contributed by atoms with E-state index in [9.17, 15) is 0 Å². The normalized spacial score (nSPS) is 11.8. The molecule has 0 bridgehead atoms. The molecule has 254 valence electrons. The minimum absolute atomic E-state index is 0.344. The minimum atomic E-state index is -2.89. The summed E-state index contributed by atoms with van der Waals surface area (Å²) in [5.41, 5.74) is 9.22. The third-order valence-corrected chi connectivity index (χ3v) is 15.1. The van der Waals surface area contributed by atoms with Gasteiger partial charge in [0.2, 0.25) is 0 Å². The molecule has 8 rings (SSSR count). The lowest BCUT2D eigenvalue weighted by atomic mass is 9.92. The molecule has 0 aliphatic carbocycles. The number of hydrogen-bond acceptors (Lipinski definition) is 2. The first kappa shape index (κ1) is 33.3. The molecule has 2 aromatic heterocycles. The summed E-state index contributed by atoms with van der Waals surface area (Å²) in [7, 11) is -2.89. The van der Waals surface area contributed by atoms with Crippen molar-refractivity contribution < 1.29 is 0 Å². The smallest absolute Gasteiger partial charge is 0.179 e. The number of rotatable bonds is 9. The number of pyridine rings is 1. The van der Waals surface area contributed by atoms with Gasteiger partial charge in [-0.3, -0.25) is 9.55 Å². The van der Waals surface area contributed by atoms with Crippen LogP contribution in [0.2, 0.25) is 0 Å². The van der Waals surface area contributed by atoms with Gasteiger partial charge in [0.05, 0.1) is 22.4 Å². The zero-order valence-corrected chi connectivity index (χ0v) is 31.2. The highest BCUT2D eigenvalue weighted by molar-refractivity contribution is 7.20. The average Bonchev–Trinajstić information content (AvgIpc) is 3.59. The Morgan fingerprint density at radius 3 is 1.60 bits per heavy atom. The van der Waals surface area contributed by atoms with E-state index in [0.29, 0.717) is 11.8 Å². The van der Waals surface area contributed by atoms with E-state index in [1.54, 1.807) is 0 Å². The number of nitrogens with zero attached hydrogens (tertiary/aromatic N) is 3. The van der Waals surface area contributed by atoms with Crippen LogP contribution in [0.3, 0.4) is 0 Å². The average molecular weight is 690 g/mol. The second kappa shape index (κ2) is 14.1. The number of benzene rings is 6. The summed E-state index contributed by atoms with van der Waals surface area (Å²) >= 11 is 0. The predicted octanol–water partition coefficient (Wildman–Crippen LogP) is 9.38. The molecule has 0 N–H and O–H groups in total. The van der Waals surface area contributed by atoms with E-state index in [-0.39, 0.29) is 0 Å². The first-order chi connectivity index (χ1) is 25.5. The molecule has 8 aromatic rings. The highest BCUT2D eigenvalue weighted by Gasteiger charge is 2.42. The van der Waals surface area contributed by atoms with E-state index in [2.05, 4.69) is 196 Å². The number of fused-ring (bicyclic) bond motifs is 1. The first-order valence-corrected chi connectivity index (χ1v) is 20.3. The molecule has 6 aromatic carbocycles. The van der Waals surface area contributed by atoms with Crippen molar-refractivity contribution >= 4 is 39.9 Å². The van der Waals surface area contributed by atoms with Crippen LogP contribution in [0.25, 0.3) is 39.4 Å². The van der Waals surface area contributed by atoms with Crippen molar-refractivity contribution in [3.05, 3.63) is 187 Å². The molecular weight excluding hydrogens is 647 g/mol. The van der Waals surface area contributed by atoms with Gasteiger partial charge in [-0.1, -0.05) is 173 Å². The van der Waals surface area contributed by atoms with Crippen LogP contribution in [0.15, 0.2) is 176 Å². The predicted molar refractivity (Wildman–Crippen MR) is 222 cm³/mol. The van der Waals surface area contributed by atoms with Crippen molar-refractivity contribution in [2.24, 2.45) is 0 Å². The maximum absolute atomic E-state index is 5.43. The van der Waals surface area contributed by atoms with E-state index < -0.39 is 8.07 Å². The molecule has 0 saturated heterocycles. The molecule has 2 heterocycles. The molecule has 0 atom stereocenters. The monoisotopic (exact) mass is 689 g/mol. The second-order valence-corrected chi connectivity index (χ2v) is 18.0. The van der Waals surface area contributed by atoms with Crippen LogP contribution in [0.5, 0.6) is 0 Å². The Morgan fingerprint density at radius 1 is 0.481 bits per heavy atom. The van der Waals surface area contributed by atoms with Gasteiger partial charge in [0.15, 0.2) is 8.07 Å². The van der Waals surface area contributed by atoms with Gasteiger partial charge in [-0.15, -0.1) is 0 Å². The van der Waals surface area contributed by atoms with Gasteiger partial charge in [-0.25, -0.2) is 4.98 Å². The molecule has 0 unspecified atom stereocenters. The lowest BCUT2D eigenvalue weighted by molar-refractivity contribution is 0.811. The second-order valence-electron chi connectivity index (χ2n) is 14.2. The number of para-hydroxylation sites is 3. The summed E-state index contributed by atoms with van der Waals surface area (Å²) < 4.78 is 2.44. The Labute approximate surface area is 308 Å². The zero-order valence-electron chi connectivity index (χ0n) is 30.2. The molecule has 4 heteroatoms. The topological polar surface area (TPSA) is 30.7 Å². The molecule has 0 fully saturated rings. The van der Waals surface area contributed by atoms with Crippen LogP contribution in [-0.4, -0.2) is 22.6 Å². The molecule has 0 spiro atoms. The Kier molecular flexibility index (Phi) is 9.00. The number of hydrogen-bond donors (Lipinski definition) is 0. The van der Waals surface area contributed by atoms with Crippen LogP contribution in [0.4, 0.5) is 0 Å². The highest BCUT2D eigenvalue weighted by atomic mass is 28.3. The largest absolute Gasteiger partial charge is 0.292 e. The van der Waals surface area contributed by atoms with Gasteiger partial charge in [-0.05, 0) is 68.0 Å². The highest BCUT2D eigenvalue weighted by Crippen LogP contribution is 2.37. The Bertz CT molecular complexity index is 2400. The molecule has 0 radical (unpaired) electrons. The van der Waals surface area contributed by atoms with Gasteiger partial charge in [0, 0.05) is 17.3 Å². The third-order valence-electron chi connectivity index (χ3n) is 10.4. The van der Waals surface area contributed by atoms with Gasteiger partial charge in [0.25, 0.3) is 0 Å². The summed E-state index contributed by atoms with van der Waals surface area (Å²) in [5.74, 6) is 1.65. The van der Waals surface area contributed by atoms with Crippen LogP contribution in [-0.2, 0) is 0 Å². The van der Waals surface area contributed by atoms with E-state index in [1.165, 1.54) is 37.6 Å². The fourth-order valence-corrected chi connectivity index (χ4v) is 12.8. The summed E-state index contributed by atoms with van der Waals surface area (Å²) in [6, 6.07) is 62.1. The van der Waals surface area contributed by atoms with Crippen LogP contribution < -0.4 is 20.7 Å². The molecule has 0 amide bonds. The van der Waals surface area contributed by atoms with Crippen molar-refractivity contribution in [3.63, 3.8) is 0 Å². The molecule has 0 aliphatic heterocycles. The Balaban J connectivity index is 1.44. The van der Waals surface area contributed by atoms with Crippen molar-refractivity contribution in [2.45, 2.75) is 39.5 Å². The Hall–Kier alpha value is -5.84. The van der Waals surface area contributed by atoms with Crippen molar-refractivity contribution in [2.75, 3.05) is 0 Å². The molecule has 52 heavy (non-hydrogen) atoms. The van der Waals surface area contributed by atoms with Gasteiger partial charge >= 0.3 is 0 Å². The fourth-order valence-electron chi connectivity index (χ4n) is 7.93. The number of imidazole rings is 1. The van der Waals surface area contributed by atoms with Crippen LogP contribution in [0.1, 0.15) is 50.7 Å². The molecule has 3 nitrogen and oxygen atoms in total. The third kappa shape index (κ3) is 5.79. The zero-order chi connectivity index (χ0) is 35.7. The number of aromatic nitrogens is 3. The molecular formula is C48H43N3Si. The van der Waals surface area contributed by atoms with E-state index >= 15 is 0 Å². The fraction of sp³-hybridized carbons (Fsp3) is 0.125. The summed E-state index contributed by atoms with van der Waals surface area (Å²) in [5, 5.41) is 5.28. The summed E-state index contributed by atoms with van der Waals surface area (Å²) in [6.45, 7) is 9.17. The lowest BCUT2D eigenvalue weighted by Crippen LogP contribution is -2.74. The quantitative estimate of drug-likeness (QED) is 0.112. The van der Waals surface area contributed by atoms with E-state index in [4.69, 9.17) is 9.97 Å². The van der Waals surface area contributed by atoms with Gasteiger partial charge in [-0.2, -0.15) is 0 Å². The minimum Gasteiger partial charge on any atom is -0.292 e. The standard InChI is InChI=1S/C48H43N3Si/c1-34(2)42-26-17-27-43(35(3)4)47(42)51-46-30-12-11-29-45(46)50-48(51)37-19-16-25-41(33-37)52(38-20-7-5-8-21-38,39-22-9-6-10-23-39)40-24-15-18-36(32-40)44-28-13-14-31-49-44/h5-35H,1-4H3. The van der Waals surface area contributed by atoms with Gasteiger partial charge in [0.1, 0.15) is 5.82 Å². The summed E-state index contributed by atoms with van der Waals surface area (Å²) in [4.78, 5) is 10.2.